The van der Waals surface area contributed by atoms with Crippen molar-refractivity contribution in [2.75, 3.05) is 29.6 Å². The van der Waals surface area contributed by atoms with Crippen LogP contribution >= 0.6 is 11.8 Å². The summed E-state index contributed by atoms with van der Waals surface area (Å²) in [4.78, 5) is 25.6. The second-order valence-electron chi connectivity index (χ2n) is 7.13. The van der Waals surface area contributed by atoms with Crippen molar-refractivity contribution in [3.05, 3.63) is 54.4 Å². The van der Waals surface area contributed by atoms with Crippen LogP contribution in [0.1, 0.15) is 24.9 Å². The average molecular weight is 453 g/mol. The molecule has 1 amide bonds. The van der Waals surface area contributed by atoms with Crippen LogP contribution in [0.5, 0.6) is 11.5 Å². The van der Waals surface area contributed by atoms with Gasteiger partial charge in [0.25, 0.3) is 0 Å². The fourth-order valence-electron chi connectivity index (χ4n) is 3.09. The van der Waals surface area contributed by atoms with Crippen molar-refractivity contribution in [2.45, 2.75) is 24.3 Å². The lowest BCUT2D eigenvalue weighted by Crippen LogP contribution is -2.24. The molecule has 0 radical (unpaired) electrons. The van der Waals surface area contributed by atoms with Crippen LogP contribution in [-0.4, -0.2) is 39.3 Å². The zero-order valence-electron chi connectivity index (χ0n) is 17.7. The number of amides is 1. The largest absolute Gasteiger partial charge is 0.486 e. The van der Waals surface area contributed by atoms with E-state index in [1.807, 2.05) is 44.2 Å². The van der Waals surface area contributed by atoms with E-state index in [4.69, 9.17) is 15.2 Å². The van der Waals surface area contributed by atoms with Gasteiger partial charge in [0.15, 0.2) is 11.5 Å². The highest BCUT2D eigenvalue weighted by Crippen LogP contribution is 2.34. The monoisotopic (exact) mass is 452 g/mol. The molecule has 0 saturated heterocycles. The van der Waals surface area contributed by atoms with Crippen LogP contribution in [0.15, 0.2) is 48.5 Å². The molecule has 1 aromatic heterocycles. The Hall–Kier alpha value is -3.53. The summed E-state index contributed by atoms with van der Waals surface area (Å²) in [5.41, 5.74) is 7.38. The molecule has 0 saturated carbocycles. The number of nitrogens with zero attached hydrogens (tertiary/aromatic N) is 3. The van der Waals surface area contributed by atoms with Gasteiger partial charge in [-0.1, -0.05) is 18.2 Å². The first kappa shape index (κ1) is 21.7. The van der Waals surface area contributed by atoms with Gasteiger partial charge < -0.3 is 25.8 Å². The van der Waals surface area contributed by atoms with Crippen molar-refractivity contribution in [3.8, 4) is 11.5 Å². The smallest absolute Gasteiger partial charge is 0.237 e. The summed E-state index contributed by atoms with van der Waals surface area (Å²) in [6.45, 7) is 4.78. The van der Waals surface area contributed by atoms with Crippen LogP contribution in [0.4, 0.5) is 23.3 Å². The molecule has 3 aromatic rings. The highest BCUT2D eigenvalue weighted by molar-refractivity contribution is 8.00. The quantitative estimate of drug-likeness (QED) is 0.491. The molecule has 0 spiro atoms. The molecule has 166 valence electrons. The maximum Gasteiger partial charge on any atom is 0.237 e. The van der Waals surface area contributed by atoms with Gasteiger partial charge in [-0.15, -0.1) is 11.8 Å². The number of anilines is 4. The number of carbonyl (C=O) groups is 1. The Morgan fingerprint density at radius 2 is 1.75 bits per heavy atom. The second-order valence-corrected chi connectivity index (χ2v) is 8.82. The highest BCUT2D eigenvalue weighted by atomic mass is 32.2. The number of fused-ring (bicyclic) bond motifs is 1. The predicted octanol–water partition coefficient (Wildman–Crippen LogP) is 3.79. The summed E-state index contributed by atoms with van der Waals surface area (Å²) in [5.74, 6) is 2.15. The highest BCUT2D eigenvalue weighted by Gasteiger charge is 2.22. The number of rotatable bonds is 7. The molecule has 0 aliphatic carbocycles. The number of carbonyl (C=O) groups excluding carboxylic acids is 1. The average Bonchev–Trinajstić information content (AvgIpc) is 2.79. The Labute approximate surface area is 190 Å². The molecule has 9 nitrogen and oxygen atoms in total. The molecule has 4 rings (SSSR count). The number of ether oxygens (including phenoxy) is 2. The van der Waals surface area contributed by atoms with E-state index < -0.39 is 0 Å². The Morgan fingerprint density at radius 3 is 2.53 bits per heavy atom. The van der Waals surface area contributed by atoms with Gasteiger partial charge >= 0.3 is 0 Å². The van der Waals surface area contributed by atoms with Crippen LogP contribution in [0.2, 0.25) is 0 Å². The van der Waals surface area contributed by atoms with E-state index >= 15 is 0 Å². The number of para-hydroxylation sites is 1. The summed E-state index contributed by atoms with van der Waals surface area (Å²) in [6, 6.07) is 14.9. The summed E-state index contributed by atoms with van der Waals surface area (Å²) in [6.07, 6.45) is 0. The Kier molecular flexibility index (Phi) is 6.60. The minimum atomic E-state index is -0.360. The topological polar surface area (TPSA) is 124 Å². The van der Waals surface area contributed by atoms with Crippen molar-refractivity contribution >= 4 is 40.9 Å². The zero-order chi connectivity index (χ0) is 22.5. The van der Waals surface area contributed by atoms with Crippen LogP contribution in [0.25, 0.3) is 0 Å². The Bertz CT molecular complexity index is 1100. The van der Waals surface area contributed by atoms with Gasteiger partial charge in [0, 0.05) is 17.4 Å². The van der Waals surface area contributed by atoms with E-state index in [-0.39, 0.29) is 22.4 Å². The molecule has 0 fully saturated rings. The lowest BCUT2D eigenvalue weighted by Gasteiger charge is -2.20. The number of aromatic nitrogens is 3. The van der Waals surface area contributed by atoms with E-state index in [2.05, 4.69) is 25.6 Å². The number of nitrogens with two attached hydrogens (primary N) is 1. The van der Waals surface area contributed by atoms with E-state index in [1.165, 1.54) is 11.8 Å². The number of thioether (sulfide) groups is 1. The minimum Gasteiger partial charge on any atom is -0.486 e. The van der Waals surface area contributed by atoms with Crippen LogP contribution in [-0.2, 0) is 4.79 Å². The maximum absolute atomic E-state index is 12.7. The van der Waals surface area contributed by atoms with Gasteiger partial charge in [-0.05, 0) is 38.1 Å². The van der Waals surface area contributed by atoms with Gasteiger partial charge in [0.2, 0.25) is 17.8 Å². The van der Waals surface area contributed by atoms with E-state index in [0.29, 0.717) is 42.2 Å². The molecule has 0 unspecified atom stereocenters. The molecule has 32 heavy (non-hydrogen) atoms. The third kappa shape index (κ3) is 5.38. The Balaban J connectivity index is 1.39. The third-order valence-corrected chi connectivity index (χ3v) is 5.89. The molecule has 10 heteroatoms. The van der Waals surface area contributed by atoms with E-state index in [1.54, 1.807) is 18.2 Å². The first-order chi connectivity index (χ1) is 15.5. The van der Waals surface area contributed by atoms with Gasteiger partial charge in [-0.3, -0.25) is 4.79 Å². The fraction of sp³-hybridized carbons (Fsp3) is 0.273. The van der Waals surface area contributed by atoms with Gasteiger partial charge in [0.05, 0.1) is 10.5 Å². The lowest BCUT2D eigenvalue weighted by atomic mass is 10.2. The van der Waals surface area contributed by atoms with Crippen molar-refractivity contribution in [1.82, 2.24) is 15.0 Å². The molecule has 1 aliphatic rings. The van der Waals surface area contributed by atoms with Crippen molar-refractivity contribution in [3.63, 3.8) is 0 Å². The summed E-state index contributed by atoms with van der Waals surface area (Å²) in [5, 5.41) is 5.50. The van der Waals surface area contributed by atoms with Crippen LogP contribution in [0.3, 0.4) is 0 Å². The standard InChI is InChI=1S/C22H24N6O3S/c1-13(19-26-21(23)28-22(27-19)25-15-6-4-3-5-7-15)32-14(2)20(29)24-16-8-9-17-18(12-16)31-11-10-30-17/h3-9,12-14H,10-11H2,1-2H3,(H,24,29)(H3,23,25,26,27,28)/t13-,14+/m1/s1. The van der Waals surface area contributed by atoms with Gasteiger partial charge in [-0.2, -0.15) is 15.0 Å². The predicted molar refractivity (Wildman–Crippen MR) is 125 cm³/mol. The number of hydrogen-bond donors (Lipinski definition) is 3. The SMILES string of the molecule is C[C@H](S[C@H](C)c1nc(N)nc(Nc2ccccc2)n1)C(=O)Nc1ccc2c(c1)OCCO2. The Morgan fingerprint density at radius 1 is 1.00 bits per heavy atom. The van der Waals surface area contributed by atoms with E-state index in [9.17, 15) is 4.79 Å². The molecule has 1 aliphatic heterocycles. The lowest BCUT2D eigenvalue weighted by molar-refractivity contribution is -0.115. The molecule has 2 aromatic carbocycles. The van der Waals surface area contributed by atoms with Crippen molar-refractivity contribution in [1.29, 1.82) is 0 Å². The third-order valence-electron chi connectivity index (χ3n) is 4.65. The van der Waals surface area contributed by atoms with Crippen molar-refractivity contribution in [2.24, 2.45) is 0 Å². The van der Waals surface area contributed by atoms with Gasteiger partial charge in [-0.25, -0.2) is 0 Å². The maximum atomic E-state index is 12.7. The molecule has 0 bridgehead atoms. The molecular formula is C22H24N6O3S. The second kappa shape index (κ2) is 9.73. The molecular weight excluding hydrogens is 428 g/mol. The van der Waals surface area contributed by atoms with Gasteiger partial charge in [0.1, 0.15) is 19.0 Å². The number of benzene rings is 2. The molecule has 2 atom stereocenters. The number of hydrogen-bond acceptors (Lipinski definition) is 9. The van der Waals surface area contributed by atoms with Crippen LogP contribution < -0.4 is 25.8 Å². The summed E-state index contributed by atoms with van der Waals surface area (Å²) >= 11 is 1.43. The first-order valence-corrected chi connectivity index (χ1v) is 11.1. The van der Waals surface area contributed by atoms with Crippen LogP contribution in [0, 0.1) is 0 Å². The molecule has 4 N–H and O–H groups in total. The summed E-state index contributed by atoms with van der Waals surface area (Å²) < 4.78 is 11.1. The first-order valence-electron chi connectivity index (χ1n) is 10.2. The zero-order valence-corrected chi connectivity index (χ0v) is 18.6. The number of nitrogens with one attached hydrogen (secondary N) is 2. The fourth-order valence-corrected chi connectivity index (χ4v) is 4.11. The summed E-state index contributed by atoms with van der Waals surface area (Å²) in [7, 11) is 0. The number of nitrogen functional groups attached to an aromatic ring is 1. The van der Waals surface area contributed by atoms with E-state index in [0.717, 1.165) is 5.69 Å². The minimum absolute atomic E-state index is 0.120. The normalized spacial score (nSPS) is 14.3. The van der Waals surface area contributed by atoms with Crippen molar-refractivity contribution < 1.29 is 14.3 Å². The molecule has 2 heterocycles.